The zero-order valence-corrected chi connectivity index (χ0v) is 19.8. The van der Waals surface area contributed by atoms with Gasteiger partial charge in [0.05, 0.1) is 24.4 Å². The highest BCUT2D eigenvalue weighted by molar-refractivity contribution is 14.1. The number of fused-ring (bicyclic) bond motifs is 3. The van der Waals surface area contributed by atoms with E-state index in [1.807, 2.05) is 17.1 Å². The Balaban J connectivity index is 1.41. The number of alkyl halides is 1. The molecule has 1 saturated heterocycles. The summed E-state index contributed by atoms with van der Waals surface area (Å²) in [5, 5.41) is 0. The first-order valence-corrected chi connectivity index (χ1v) is 12.1. The Morgan fingerprint density at radius 2 is 2.20 bits per heavy atom. The molecule has 162 valence electrons. The molecule has 4 rings (SSSR count). The summed E-state index contributed by atoms with van der Waals surface area (Å²) in [6.07, 6.45) is 12.1. The number of aliphatic imine (C=N–C) groups is 2. The molecule has 4 aliphatic rings. The third-order valence-corrected chi connectivity index (χ3v) is 7.44. The Morgan fingerprint density at radius 3 is 2.90 bits per heavy atom. The molecule has 0 spiro atoms. The molecule has 30 heavy (non-hydrogen) atoms. The van der Waals surface area contributed by atoms with Crippen LogP contribution in [0.4, 0.5) is 0 Å². The minimum Gasteiger partial charge on any atom is -0.382 e. The van der Waals surface area contributed by atoms with Crippen molar-refractivity contribution in [3.8, 4) is 0 Å². The molecule has 2 N–H and O–H groups in total. The van der Waals surface area contributed by atoms with Crippen molar-refractivity contribution >= 4 is 40.0 Å². The highest BCUT2D eigenvalue weighted by Gasteiger charge is 2.42. The van der Waals surface area contributed by atoms with Crippen molar-refractivity contribution < 1.29 is 9.53 Å². The molecule has 1 amide bonds. The van der Waals surface area contributed by atoms with Gasteiger partial charge >= 0.3 is 0 Å². The van der Waals surface area contributed by atoms with Crippen LogP contribution in [-0.2, 0) is 9.53 Å². The maximum Gasteiger partial charge on any atom is 0.219 e. The highest BCUT2D eigenvalue weighted by Crippen LogP contribution is 2.36. The minimum atomic E-state index is 0.0886. The van der Waals surface area contributed by atoms with Crippen molar-refractivity contribution in [1.82, 2.24) is 9.80 Å². The number of halogens is 1. The molecule has 0 aromatic carbocycles. The lowest BCUT2D eigenvalue weighted by molar-refractivity contribution is -0.131. The number of unbranched alkanes of at least 4 members (excludes halogenated alkanes) is 1. The van der Waals surface area contributed by atoms with E-state index in [1.165, 1.54) is 0 Å². The number of nitrogens with zero attached hydrogens (tertiary/aromatic N) is 4. The van der Waals surface area contributed by atoms with Crippen LogP contribution in [0, 0.1) is 5.92 Å². The van der Waals surface area contributed by atoms with E-state index in [4.69, 9.17) is 15.5 Å². The number of hydrogen-bond donors (Lipinski definition) is 1. The lowest BCUT2D eigenvalue weighted by Gasteiger charge is -2.36. The molecule has 0 saturated carbocycles. The number of carbonyl (C=O) groups excluding carboxylic acids is 1. The predicted molar refractivity (Wildman–Crippen MR) is 127 cm³/mol. The van der Waals surface area contributed by atoms with E-state index in [9.17, 15) is 4.79 Å². The van der Waals surface area contributed by atoms with Gasteiger partial charge in [-0.2, -0.15) is 0 Å². The number of rotatable bonds is 7. The van der Waals surface area contributed by atoms with Crippen molar-refractivity contribution in [2.24, 2.45) is 21.6 Å². The van der Waals surface area contributed by atoms with Crippen LogP contribution >= 0.6 is 22.6 Å². The van der Waals surface area contributed by atoms with Crippen molar-refractivity contribution in [2.75, 3.05) is 19.7 Å². The molecule has 0 bridgehead atoms. The summed E-state index contributed by atoms with van der Waals surface area (Å²) >= 11 is 2.30. The molecular weight excluding hydrogens is 493 g/mol. The number of ether oxygens (including phenoxy) is 1. The zero-order chi connectivity index (χ0) is 21.3. The van der Waals surface area contributed by atoms with Crippen molar-refractivity contribution in [1.29, 1.82) is 0 Å². The average Bonchev–Trinajstić information content (AvgIpc) is 3.32. The topological polar surface area (TPSA) is 83.5 Å². The van der Waals surface area contributed by atoms with Gasteiger partial charge in [0.1, 0.15) is 21.5 Å². The smallest absolute Gasteiger partial charge is 0.219 e. The molecule has 8 heteroatoms. The molecule has 1 aliphatic carbocycles. The number of nitrogens with two attached hydrogens (primary N) is 1. The molecule has 4 atom stereocenters. The molecule has 0 aromatic heterocycles. The van der Waals surface area contributed by atoms with Crippen molar-refractivity contribution in [3.05, 3.63) is 35.8 Å². The fraction of sp³-hybridized carbons (Fsp3) is 0.591. The Labute approximate surface area is 191 Å². The van der Waals surface area contributed by atoms with Crippen LogP contribution in [0.3, 0.4) is 0 Å². The lowest BCUT2D eigenvalue weighted by atomic mass is 9.86. The van der Waals surface area contributed by atoms with Gasteiger partial charge in [-0.05, 0) is 47.9 Å². The summed E-state index contributed by atoms with van der Waals surface area (Å²) in [6, 6.07) is 0.313. The summed E-state index contributed by atoms with van der Waals surface area (Å²) in [4.78, 5) is 26.0. The molecular formula is C22H30IN5O2. The van der Waals surface area contributed by atoms with Crippen LogP contribution in [0.5, 0.6) is 0 Å². The van der Waals surface area contributed by atoms with E-state index >= 15 is 0 Å². The van der Waals surface area contributed by atoms with Gasteiger partial charge in [0.25, 0.3) is 0 Å². The third kappa shape index (κ3) is 4.08. The summed E-state index contributed by atoms with van der Waals surface area (Å²) in [7, 11) is 0. The SMILES string of the molecule is CCC1=NC2=C(N)N=C3C=CC=CC3C2N1CCCCN(C(C)=O)C1CCOC1I. The zero-order valence-electron chi connectivity index (χ0n) is 17.6. The number of amidine groups is 1. The fourth-order valence-electron chi connectivity index (χ4n) is 4.79. The first-order chi connectivity index (χ1) is 14.5. The van der Waals surface area contributed by atoms with Gasteiger partial charge in [-0.15, -0.1) is 0 Å². The average molecular weight is 523 g/mol. The number of carbonyl (C=O) groups is 1. The molecule has 1 fully saturated rings. The van der Waals surface area contributed by atoms with Gasteiger partial charge in [-0.3, -0.25) is 4.79 Å². The summed E-state index contributed by atoms with van der Waals surface area (Å²) in [5.41, 5.74) is 8.18. The molecule has 0 aromatic rings. The van der Waals surface area contributed by atoms with Crippen molar-refractivity contribution in [3.63, 3.8) is 0 Å². The predicted octanol–water partition coefficient (Wildman–Crippen LogP) is 2.98. The highest BCUT2D eigenvalue weighted by atomic mass is 127. The van der Waals surface area contributed by atoms with Crippen LogP contribution < -0.4 is 5.73 Å². The first-order valence-electron chi connectivity index (χ1n) is 10.8. The maximum absolute atomic E-state index is 12.2. The van der Waals surface area contributed by atoms with Crippen LogP contribution in [0.2, 0.25) is 0 Å². The standard InChI is InChI=1S/C22H30IN5O2/c1-3-18-26-19-20(15-8-4-5-9-16(15)25-22(19)24)28(18)12-7-6-11-27(14(2)29)17-10-13-30-21(17)23/h4-5,8-9,15,17,20-21H,3,6-7,10-13,24H2,1-2H3. The summed E-state index contributed by atoms with van der Waals surface area (Å²) in [6.45, 7) is 6.20. The second kappa shape index (κ2) is 9.21. The van der Waals surface area contributed by atoms with Crippen LogP contribution in [0.25, 0.3) is 0 Å². The van der Waals surface area contributed by atoms with E-state index < -0.39 is 0 Å². The normalized spacial score (nSPS) is 29.6. The van der Waals surface area contributed by atoms with Crippen molar-refractivity contribution in [2.45, 2.75) is 55.7 Å². The lowest BCUT2D eigenvalue weighted by Crippen LogP contribution is -2.46. The second-order valence-electron chi connectivity index (χ2n) is 8.09. The van der Waals surface area contributed by atoms with Gasteiger partial charge in [0.15, 0.2) is 0 Å². The van der Waals surface area contributed by atoms with E-state index in [0.717, 1.165) is 62.6 Å². The Hall–Kier alpha value is -1.68. The van der Waals surface area contributed by atoms with E-state index in [2.05, 4.69) is 51.6 Å². The maximum atomic E-state index is 12.2. The minimum absolute atomic E-state index is 0.0886. The Kier molecular flexibility index (Phi) is 6.62. The Bertz CT molecular complexity index is 846. The second-order valence-corrected chi connectivity index (χ2v) is 9.32. The van der Waals surface area contributed by atoms with Gasteiger partial charge in [-0.1, -0.05) is 25.2 Å². The molecule has 3 aliphatic heterocycles. The Morgan fingerprint density at radius 1 is 1.37 bits per heavy atom. The van der Waals surface area contributed by atoms with E-state index in [-0.39, 0.29) is 28.0 Å². The summed E-state index contributed by atoms with van der Waals surface area (Å²) < 4.78 is 5.75. The van der Waals surface area contributed by atoms with E-state index in [0.29, 0.717) is 5.82 Å². The molecule has 0 radical (unpaired) electrons. The number of amides is 1. The fourth-order valence-corrected chi connectivity index (χ4v) is 5.79. The van der Waals surface area contributed by atoms with Gasteiger partial charge in [0, 0.05) is 32.4 Å². The molecule has 4 unspecified atom stereocenters. The molecule has 3 heterocycles. The van der Waals surface area contributed by atoms with Crippen LogP contribution in [0.15, 0.2) is 45.8 Å². The monoisotopic (exact) mass is 523 g/mol. The first kappa shape index (κ1) is 21.5. The third-order valence-electron chi connectivity index (χ3n) is 6.25. The van der Waals surface area contributed by atoms with E-state index in [1.54, 1.807) is 6.92 Å². The largest absolute Gasteiger partial charge is 0.382 e. The van der Waals surface area contributed by atoms with Gasteiger partial charge in [-0.25, -0.2) is 9.98 Å². The van der Waals surface area contributed by atoms with Crippen LogP contribution in [-0.4, -0.2) is 63.1 Å². The number of allylic oxidation sites excluding steroid dienone is 3. The quantitative estimate of drug-likeness (QED) is 0.316. The summed E-state index contributed by atoms with van der Waals surface area (Å²) in [5.74, 6) is 1.94. The molecule has 7 nitrogen and oxygen atoms in total. The van der Waals surface area contributed by atoms with Gasteiger partial charge in [0.2, 0.25) is 5.91 Å². The van der Waals surface area contributed by atoms with Gasteiger partial charge < -0.3 is 20.3 Å². The number of hydrogen-bond acceptors (Lipinski definition) is 6. The van der Waals surface area contributed by atoms with Crippen LogP contribution in [0.1, 0.15) is 39.5 Å².